The van der Waals surface area contributed by atoms with Crippen LogP contribution in [-0.4, -0.2) is 24.7 Å². The van der Waals surface area contributed by atoms with Gasteiger partial charge in [-0.05, 0) is 36.8 Å². The van der Waals surface area contributed by atoms with Crippen molar-refractivity contribution < 1.29 is 0 Å². The zero-order valence-corrected chi connectivity index (χ0v) is 12.2. The number of aromatic nitrogens is 5. The third-order valence-electron chi connectivity index (χ3n) is 3.78. The molecule has 5 heteroatoms. The maximum absolute atomic E-state index is 4.52. The average Bonchev–Trinajstić information content (AvgIpc) is 3.17. The molecule has 3 heterocycles. The Kier molecular flexibility index (Phi) is 2.96. The first kappa shape index (κ1) is 12.8. The van der Waals surface area contributed by atoms with Gasteiger partial charge in [-0.1, -0.05) is 6.07 Å². The van der Waals surface area contributed by atoms with Crippen molar-refractivity contribution in [3.63, 3.8) is 0 Å². The first-order valence-corrected chi connectivity index (χ1v) is 7.16. The molecule has 108 valence electrons. The largest absolute Gasteiger partial charge is 0.325 e. The standard InChI is InChI=1S/C17H15N5/c1-12-8-13(9-14-10-20-21-16(12)14)17-19-6-7-22(17)11-15-4-2-3-5-18-15/h2-10H,11H2,1H3,(H,20,21). The molecule has 0 saturated carbocycles. The molecule has 4 rings (SSSR count). The zero-order chi connectivity index (χ0) is 14.9. The minimum Gasteiger partial charge on any atom is -0.325 e. The molecule has 0 aliphatic carbocycles. The lowest BCUT2D eigenvalue weighted by Crippen LogP contribution is -2.02. The Hall–Kier alpha value is -2.95. The van der Waals surface area contributed by atoms with Crippen LogP contribution < -0.4 is 0 Å². The summed E-state index contributed by atoms with van der Waals surface area (Å²) in [4.78, 5) is 8.90. The van der Waals surface area contributed by atoms with E-state index in [1.807, 2.05) is 43.0 Å². The number of imidazole rings is 1. The Morgan fingerprint density at radius 2 is 2.09 bits per heavy atom. The number of nitrogens with one attached hydrogen (secondary N) is 1. The van der Waals surface area contributed by atoms with E-state index in [4.69, 9.17) is 0 Å². The van der Waals surface area contributed by atoms with Gasteiger partial charge in [-0.25, -0.2) is 4.98 Å². The summed E-state index contributed by atoms with van der Waals surface area (Å²) in [5, 5.41) is 8.24. The van der Waals surface area contributed by atoms with Crippen LogP contribution in [0.15, 0.2) is 55.1 Å². The van der Waals surface area contributed by atoms with Crippen molar-refractivity contribution in [3.8, 4) is 11.4 Å². The summed E-state index contributed by atoms with van der Waals surface area (Å²) in [6.45, 7) is 2.79. The van der Waals surface area contributed by atoms with Crippen molar-refractivity contribution in [1.29, 1.82) is 0 Å². The van der Waals surface area contributed by atoms with Gasteiger partial charge in [0.2, 0.25) is 0 Å². The Bertz CT molecular complexity index is 921. The smallest absolute Gasteiger partial charge is 0.140 e. The van der Waals surface area contributed by atoms with Crippen LogP contribution in [0.25, 0.3) is 22.3 Å². The number of fused-ring (bicyclic) bond motifs is 1. The highest BCUT2D eigenvalue weighted by Gasteiger charge is 2.10. The van der Waals surface area contributed by atoms with E-state index in [1.54, 1.807) is 0 Å². The summed E-state index contributed by atoms with van der Waals surface area (Å²) in [6, 6.07) is 10.2. The topological polar surface area (TPSA) is 59.4 Å². The van der Waals surface area contributed by atoms with Crippen LogP contribution in [0.2, 0.25) is 0 Å². The van der Waals surface area contributed by atoms with Gasteiger partial charge in [-0.2, -0.15) is 5.10 Å². The molecule has 0 atom stereocenters. The van der Waals surface area contributed by atoms with Crippen molar-refractivity contribution >= 4 is 10.9 Å². The second-order valence-corrected chi connectivity index (χ2v) is 5.33. The molecule has 5 nitrogen and oxygen atoms in total. The van der Waals surface area contributed by atoms with Crippen LogP contribution in [0.1, 0.15) is 11.3 Å². The van der Waals surface area contributed by atoms with Gasteiger partial charge in [0.25, 0.3) is 0 Å². The molecule has 4 aromatic rings. The van der Waals surface area contributed by atoms with E-state index < -0.39 is 0 Å². The number of hydrogen-bond donors (Lipinski definition) is 1. The molecule has 0 amide bonds. The van der Waals surface area contributed by atoms with Crippen LogP contribution >= 0.6 is 0 Å². The van der Waals surface area contributed by atoms with Crippen LogP contribution in [0.4, 0.5) is 0 Å². The van der Waals surface area contributed by atoms with E-state index in [-0.39, 0.29) is 0 Å². The molecule has 0 spiro atoms. The maximum Gasteiger partial charge on any atom is 0.140 e. The van der Waals surface area contributed by atoms with Gasteiger partial charge < -0.3 is 4.57 Å². The van der Waals surface area contributed by atoms with E-state index in [1.165, 1.54) is 0 Å². The van der Waals surface area contributed by atoms with E-state index in [2.05, 4.69) is 43.8 Å². The van der Waals surface area contributed by atoms with Gasteiger partial charge in [-0.15, -0.1) is 0 Å². The number of H-pyrrole nitrogens is 1. The molecule has 22 heavy (non-hydrogen) atoms. The van der Waals surface area contributed by atoms with Gasteiger partial charge in [0.05, 0.1) is 24.0 Å². The minimum atomic E-state index is 0.707. The number of aromatic amines is 1. The van der Waals surface area contributed by atoms with Crippen LogP contribution in [0.3, 0.4) is 0 Å². The second-order valence-electron chi connectivity index (χ2n) is 5.33. The Morgan fingerprint density at radius 1 is 1.14 bits per heavy atom. The van der Waals surface area contributed by atoms with Gasteiger partial charge in [-0.3, -0.25) is 10.1 Å². The number of hydrogen-bond acceptors (Lipinski definition) is 3. The highest BCUT2D eigenvalue weighted by Crippen LogP contribution is 2.25. The van der Waals surface area contributed by atoms with Gasteiger partial charge >= 0.3 is 0 Å². The number of benzene rings is 1. The Balaban J connectivity index is 1.77. The van der Waals surface area contributed by atoms with Crippen molar-refractivity contribution in [3.05, 3.63) is 66.4 Å². The minimum absolute atomic E-state index is 0.707. The number of nitrogens with zero attached hydrogens (tertiary/aromatic N) is 4. The lowest BCUT2D eigenvalue weighted by atomic mass is 10.1. The molecule has 0 unspecified atom stereocenters. The molecule has 1 N–H and O–H groups in total. The lowest BCUT2D eigenvalue weighted by Gasteiger charge is -2.08. The Labute approximate surface area is 127 Å². The molecule has 0 aliphatic heterocycles. The van der Waals surface area contributed by atoms with Crippen molar-refractivity contribution in [1.82, 2.24) is 24.7 Å². The van der Waals surface area contributed by atoms with Crippen molar-refractivity contribution in [2.24, 2.45) is 0 Å². The normalized spacial score (nSPS) is 11.1. The lowest BCUT2D eigenvalue weighted by molar-refractivity contribution is 0.782. The third kappa shape index (κ3) is 2.16. The quantitative estimate of drug-likeness (QED) is 0.630. The summed E-state index contributed by atoms with van der Waals surface area (Å²) < 4.78 is 2.11. The molecule has 3 aromatic heterocycles. The van der Waals surface area contributed by atoms with Crippen molar-refractivity contribution in [2.75, 3.05) is 0 Å². The second kappa shape index (κ2) is 5.11. The van der Waals surface area contributed by atoms with Crippen molar-refractivity contribution in [2.45, 2.75) is 13.5 Å². The first-order chi connectivity index (χ1) is 10.8. The SMILES string of the molecule is Cc1cc(-c2nccn2Cc2ccccn2)cc2cn[nH]c12. The van der Waals surface area contributed by atoms with Crippen LogP contribution in [0.5, 0.6) is 0 Å². The molecule has 0 fully saturated rings. The summed E-state index contributed by atoms with van der Waals surface area (Å²) in [5.74, 6) is 0.942. The van der Waals surface area contributed by atoms with E-state index in [9.17, 15) is 0 Å². The predicted octanol–water partition coefficient (Wildman–Crippen LogP) is 3.18. The van der Waals surface area contributed by atoms with E-state index >= 15 is 0 Å². The summed E-state index contributed by atoms with van der Waals surface area (Å²) in [6.07, 6.45) is 7.47. The predicted molar refractivity (Wildman–Crippen MR) is 85.4 cm³/mol. The van der Waals surface area contributed by atoms with E-state index in [0.717, 1.165) is 33.5 Å². The van der Waals surface area contributed by atoms with Gasteiger partial charge in [0, 0.05) is 29.5 Å². The fraction of sp³-hybridized carbons (Fsp3) is 0.118. The molecule has 0 bridgehead atoms. The molecule has 0 radical (unpaired) electrons. The zero-order valence-electron chi connectivity index (χ0n) is 12.2. The van der Waals surface area contributed by atoms with E-state index in [0.29, 0.717) is 6.54 Å². The molecule has 1 aromatic carbocycles. The summed E-state index contributed by atoms with van der Waals surface area (Å²) in [5.41, 5.74) is 4.35. The number of pyridine rings is 1. The third-order valence-corrected chi connectivity index (χ3v) is 3.78. The fourth-order valence-corrected chi connectivity index (χ4v) is 2.73. The van der Waals surface area contributed by atoms with Crippen LogP contribution in [0, 0.1) is 6.92 Å². The number of aryl methyl sites for hydroxylation is 1. The highest BCUT2D eigenvalue weighted by atomic mass is 15.1. The molecular formula is C17H15N5. The Morgan fingerprint density at radius 3 is 2.95 bits per heavy atom. The van der Waals surface area contributed by atoms with Crippen LogP contribution in [-0.2, 0) is 6.54 Å². The summed E-state index contributed by atoms with van der Waals surface area (Å²) >= 11 is 0. The molecule has 0 saturated heterocycles. The molecular weight excluding hydrogens is 274 g/mol. The highest BCUT2D eigenvalue weighted by molar-refractivity contribution is 5.85. The average molecular weight is 289 g/mol. The fourth-order valence-electron chi connectivity index (χ4n) is 2.73. The number of rotatable bonds is 3. The first-order valence-electron chi connectivity index (χ1n) is 7.16. The monoisotopic (exact) mass is 289 g/mol. The summed E-state index contributed by atoms with van der Waals surface area (Å²) in [7, 11) is 0. The molecule has 0 aliphatic rings. The van der Waals surface area contributed by atoms with Gasteiger partial charge in [0.15, 0.2) is 0 Å². The van der Waals surface area contributed by atoms with Gasteiger partial charge in [0.1, 0.15) is 5.82 Å². The maximum atomic E-state index is 4.52.